The molecule has 1 rings (SSSR count). The lowest BCUT2D eigenvalue weighted by atomic mass is 10.1. The predicted molar refractivity (Wildman–Crippen MR) is 87.2 cm³/mol. The van der Waals surface area contributed by atoms with Crippen molar-refractivity contribution < 1.29 is 0 Å². The van der Waals surface area contributed by atoms with E-state index in [0.29, 0.717) is 5.92 Å². The Hall–Kier alpha value is -0.640. The van der Waals surface area contributed by atoms with E-state index in [1.165, 1.54) is 15.6 Å². The molecule has 1 aromatic carbocycles. The molecule has 1 aromatic rings. The number of hydrogen-bond donors (Lipinski definition) is 1. The first-order valence-corrected chi connectivity index (χ1v) is 7.59. The fourth-order valence-corrected chi connectivity index (χ4v) is 2.46. The Labute approximate surface area is 126 Å². The van der Waals surface area contributed by atoms with Gasteiger partial charge >= 0.3 is 0 Å². The Bertz CT molecular complexity index is 402. The van der Waals surface area contributed by atoms with Crippen molar-refractivity contribution in [3.05, 3.63) is 46.5 Å². The van der Waals surface area contributed by atoms with Crippen LogP contribution in [0.25, 0.3) is 0 Å². The van der Waals surface area contributed by atoms with E-state index in [0.717, 1.165) is 26.2 Å². The van der Waals surface area contributed by atoms with Crippen LogP contribution < -0.4 is 5.32 Å². The number of hydrogen-bond acceptors (Lipinski definition) is 2. The third-order valence-electron chi connectivity index (χ3n) is 2.88. The molecule has 0 saturated carbocycles. The van der Waals surface area contributed by atoms with Gasteiger partial charge in [0, 0.05) is 24.1 Å². The number of rotatable bonds is 8. The minimum atomic E-state index is 0.690. The minimum absolute atomic E-state index is 0.690. The van der Waals surface area contributed by atoms with Crippen LogP contribution in [0.2, 0.25) is 0 Å². The Morgan fingerprint density at radius 1 is 1.42 bits per heavy atom. The van der Waals surface area contributed by atoms with E-state index in [1.54, 1.807) is 0 Å². The lowest BCUT2D eigenvalue weighted by Crippen LogP contribution is -2.19. The topological polar surface area (TPSA) is 15.3 Å². The Kier molecular flexibility index (Phi) is 7.36. The van der Waals surface area contributed by atoms with Crippen molar-refractivity contribution in [3.63, 3.8) is 0 Å². The third-order valence-corrected chi connectivity index (χ3v) is 3.62. The second-order valence-electron chi connectivity index (χ2n) is 5.44. The van der Waals surface area contributed by atoms with Gasteiger partial charge < -0.3 is 5.32 Å². The van der Waals surface area contributed by atoms with Gasteiger partial charge in [0.2, 0.25) is 0 Å². The van der Waals surface area contributed by atoms with E-state index in [9.17, 15) is 0 Å². The van der Waals surface area contributed by atoms with E-state index in [1.807, 2.05) is 6.08 Å². The molecule has 1 N–H and O–H groups in total. The van der Waals surface area contributed by atoms with Crippen LogP contribution in [0.1, 0.15) is 25.0 Å². The molecule has 106 valence electrons. The van der Waals surface area contributed by atoms with Crippen LogP contribution in [0.3, 0.4) is 0 Å². The highest BCUT2D eigenvalue weighted by atomic mass is 79.9. The number of benzene rings is 1. The lowest BCUT2D eigenvalue weighted by molar-refractivity contribution is 0.363. The average Bonchev–Trinajstić information content (AvgIpc) is 2.32. The van der Waals surface area contributed by atoms with Crippen LogP contribution in [-0.4, -0.2) is 25.0 Å². The number of likely N-dealkylation sites (N-methyl/N-ethyl adjacent to an activating group) is 1. The molecule has 0 heterocycles. The fourth-order valence-electron chi connectivity index (χ4n) is 1.91. The van der Waals surface area contributed by atoms with Gasteiger partial charge in [0.25, 0.3) is 0 Å². The van der Waals surface area contributed by atoms with E-state index >= 15 is 0 Å². The average molecular weight is 325 g/mol. The molecule has 0 fully saturated rings. The van der Waals surface area contributed by atoms with Crippen molar-refractivity contribution in [2.45, 2.75) is 26.9 Å². The standard InChI is InChI=1S/C16H25BrN2/c1-5-8-19(4)12-15-7-6-14(9-16(15)17)11-18-10-13(2)3/h5-7,9,13,18H,1,8,10-12H2,2-4H3. The van der Waals surface area contributed by atoms with Crippen LogP contribution in [-0.2, 0) is 13.1 Å². The Morgan fingerprint density at radius 3 is 2.74 bits per heavy atom. The van der Waals surface area contributed by atoms with Gasteiger partial charge in [-0.2, -0.15) is 0 Å². The molecule has 2 nitrogen and oxygen atoms in total. The van der Waals surface area contributed by atoms with Crippen LogP contribution in [0, 0.1) is 5.92 Å². The molecular formula is C16H25BrN2. The lowest BCUT2D eigenvalue weighted by Gasteiger charge is -2.16. The molecule has 0 saturated heterocycles. The fraction of sp³-hybridized carbons (Fsp3) is 0.500. The molecule has 0 aliphatic carbocycles. The summed E-state index contributed by atoms with van der Waals surface area (Å²) in [6, 6.07) is 6.62. The van der Waals surface area contributed by atoms with Gasteiger partial charge in [-0.05, 0) is 36.7 Å². The predicted octanol–water partition coefficient (Wildman–Crippen LogP) is 3.81. The van der Waals surface area contributed by atoms with Crippen molar-refractivity contribution in [3.8, 4) is 0 Å². The van der Waals surface area contributed by atoms with Crippen molar-refractivity contribution >= 4 is 15.9 Å². The van der Waals surface area contributed by atoms with Crippen molar-refractivity contribution in [2.75, 3.05) is 20.1 Å². The van der Waals surface area contributed by atoms with E-state index in [-0.39, 0.29) is 0 Å². The summed E-state index contributed by atoms with van der Waals surface area (Å²) < 4.78 is 1.19. The third kappa shape index (κ3) is 6.37. The van der Waals surface area contributed by atoms with Crippen LogP contribution in [0.5, 0.6) is 0 Å². The smallest absolute Gasteiger partial charge is 0.0245 e. The first-order valence-electron chi connectivity index (χ1n) is 6.80. The summed E-state index contributed by atoms with van der Waals surface area (Å²) in [5, 5.41) is 3.46. The zero-order valence-electron chi connectivity index (χ0n) is 12.2. The first kappa shape index (κ1) is 16.4. The van der Waals surface area contributed by atoms with Crippen LogP contribution >= 0.6 is 15.9 Å². The maximum atomic E-state index is 3.77. The minimum Gasteiger partial charge on any atom is -0.312 e. The summed E-state index contributed by atoms with van der Waals surface area (Å²) in [6.45, 7) is 12.0. The second-order valence-corrected chi connectivity index (χ2v) is 6.29. The van der Waals surface area contributed by atoms with Gasteiger partial charge in [0.15, 0.2) is 0 Å². The highest BCUT2D eigenvalue weighted by Crippen LogP contribution is 2.20. The summed E-state index contributed by atoms with van der Waals surface area (Å²) in [4.78, 5) is 2.24. The Balaban J connectivity index is 2.56. The van der Waals surface area contributed by atoms with Crippen LogP contribution in [0.15, 0.2) is 35.3 Å². The molecule has 0 radical (unpaired) electrons. The highest BCUT2D eigenvalue weighted by Gasteiger charge is 2.04. The summed E-state index contributed by atoms with van der Waals surface area (Å²) >= 11 is 3.67. The number of nitrogens with one attached hydrogen (secondary N) is 1. The van der Waals surface area contributed by atoms with Gasteiger partial charge in [-0.25, -0.2) is 0 Å². The van der Waals surface area contributed by atoms with Gasteiger partial charge in [-0.15, -0.1) is 6.58 Å². The summed E-state index contributed by atoms with van der Waals surface area (Å²) in [6.07, 6.45) is 1.93. The van der Waals surface area contributed by atoms with Gasteiger partial charge in [0.05, 0.1) is 0 Å². The van der Waals surface area contributed by atoms with Gasteiger partial charge in [-0.3, -0.25) is 4.90 Å². The van der Waals surface area contributed by atoms with Crippen molar-refractivity contribution in [1.82, 2.24) is 10.2 Å². The maximum Gasteiger partial charge on any atom is 0.0245 e. The van der Waals surface area contributed by atoms with E-state index < -0.39 is 0 Å². The van der Waals surface area contributed by atoms with E-state index in [2.05, 4.69) is 71.8 Å². The molecule has 0 unspecified atom stereocenters. The molecule has 0 bridgehead atoms. The van der Waals surface area contributed by atoms with Gasteiger partial charge in [-0.1, -0.05) is 48.0 Å². The zero-order chi connectivity index (χ0) is 14.3. The van der Waals surface area contributed by atoms with E-state index in [4.69, 9.17) is 0 Å². The molecule has 3 heteroatoms. The molecule has 0 amide bonds. The molecule has 0 aliphatic heterocycles. The monoisotopic (exact) mass is 324 g/mol. The van der Waals surface area contributed by atoms with Crippen LogP contribution in [0.4, 0.5) is 0 Å². The number of nitrogens with zero attached hydrogens (tertiary/aromatic N) is 1. The quantitative estimate of drug-likeness (QED) is 0.731. The Morgan fingerprint density at radius 2 is 2.16 bits per heavy atom. The largest absolute Gasteiger partial charge is 0.312 e. The summed E-state index contributed by atoms with van der Waals surface area (Å²) in [5.41, 5.74) is 2.64. The summed E-state index contributed by atoms with van der Waals surface area (Å²) in [7, 11) is 2.10. The molecule has 0 atom stereocenters. The summed E-state index contributed by atoms with van der Waals surface area (Å²) in [5.74, 6) is 0.690. The highest BCUT2D eigenvalue weighted by molar-refractivity contribution is 9.10. The molecule has 0 aromatic heterocycles. The molecule has 0 aliphatic rings. The number of halogens is 1. The molecule has 19 heavy (non-hydrogen) atoms. The molecular weight excluding hydrogens is 300 g/mol. The van der Waals surface area contributed by atoms with Crippen molar-refractivity contribution in [1.29, 1.82) is 0 Å². The normalized spacial score (nSPS) is 11.3. The van der Waals surface area contributed by atoms with Gasteiger partial charge in [0.1, 0.15) is 0 Å². The maximum absolute atomic E-state index is 3.77. The second kappa shape index (κ2) is 8.51. The van der Waals surface area contributed by atoms with Crippen molar-refractivity contribution in [2.24, 2.45) is 5.92 Å². The zero-order valence-corrected chi connectivity index (χ0v) is 13.8. The molecule has 0 spiro atoms. The SMILES string of the molecule is C=CCN(C)Cc1ccc(CNCC(C)C)cc1Br. The first-order chi connectivity index (χ1) is 9.02.